The van der Waals surface area contributed by atoms with Gasteiger partial charge in [0.15, 0.2) is 17.4 Å². The van der Waals surface area contributed by atoms with Crippen molar-refractivity contribution in [1.29, 1.82) is 0 Å². The fraction of sp³-hybridized carbons (Fsp3) is 0.357. The average molecular weight is 619 g/mol. The minimum Gasteiger partial charge on any atom is -0.486 e. The number of fused-ring (bicyclic) bond motifs is 1. The molecule has 0 bridgehead atoms. The number of rotatable bonds is 11. The lowest BCUT2D eigenvalue weighted by Gasteiger charge is -2.17. The van der Waals surface area contributed by atoms with Crippen molar-refractivity contribution >= 4 is 40.7 Å². The topological polar surface area (TPSA) is 174 Å². The lowest BCUT2D eigenvalue weighted by Crippen LogP contribution is -2.44. The quantitative estimate of drug-likeness (QED) is 0.273. The number of allylic oxidation sites excluding steroid dienone is 1. The highest BCUT2D eigenvalue weighted by Crippen LogP contribution is 2.32. The van der Waals surface area contributed by atoms with E-state index in [1.54, 1.807) is 27.9 Å². The summed E-state index contributed by atoms with van der Waals surface area (Å²) in [5.41, 5.74) is -1.96. The number of nitrogens with one attached hydrogen (secondary N) is 2. The Morgan fingerprint density at radius 3 is 2.50 bits per heavy atom. The first-order chi connectivity index (χ1) is 20.7. The Bertz CT molecular complexity index is 1660. The van der Waals surface area contributed by atoms with Crippen LogP contribution in [0.4, 0.5) is 24.1 Å². The van der Waals surface area contributed by atoms with Crippen LogP contribution in [0.15, 0.2) is 41.3 Å². The second-order valence-corrected chi connectivity index (χ2v) is 9.92. The van der Waals surface area contributed by atoms with Gasteiger partial charge >= 0.3 is 12.2 Å². The van der Waals surface area contributed by atoms with Crippen molar-refractivity contribution in [2.75, 3.05) is 26.5 Å². The number of nitrogens with zero attached hydrogens (tertiary/aromatic N) is 4. The van der Waals surface area contributed by atoms with Gasteiger partial charge in [0.05, 0.1) is 19.8 Å². The predicted octanol–water partition coefficient (Wildman–Crippen LogP) is 2.93. The van der Waals surface area contributed by atoms with E-state index in [1.165, 1.54) is 35.4 Å². The van der Waals surface area contributed by atoms with Crippen LogP contribution in [-0.2, 0) is 20.9 Å². The van der Waals surface area contributed by atoms with E-state index in [0.29, 0.717) is 10.6 Å². The molecule has 0 unspecified atom stereocenters. The smallest absolute Gasteiger partial charge is 0.417 e. The first kappa shape index (κ1) is 33.2. The van der Waals surface area contributed by atoms with Gasteiger partial charge in [0.1, 0.15) is 28.6 Å². The van der Waals surface area contributed by atoms with Crippen LogP contribution in [0, 0.1) is 11.6 Å². The maximum Gasteiger partial charge on any atom is 0.417 e. The van der Waals surface area contributed by atoms with Crippen LogP contribution < -0.4 is 20.9 Å². The van der Waals surface area contributed by atoms with E-state index < -0.39 is 65.2 Å². The summed E-state index contributed by atoms with van der Waals surface area (Å²) in [6, 6.07) is 1.99. The van der Waals surface area contributed by atoms with Gasteiger partial charge in [-0.1, -0.05) is 6.08 Å². The number of carbonyl (C=O) groups is 4. The minimum atomic E-state index is -1.64. The zero-order chi connectivity index (χ0) is 32.7. The van der Waals surface area contributed by atoms with E-state index >= 15 is 0 Å². The van der Waals surface area contributed by atoms with Crippen LogP contribution in [0.2, 0.25) is 0 Å². The Morgan fingerprint density at radius 1 is 1.18 bits per heavy atom. The number of hydrogen-bond acceptors (Lipinski definition) is 8. The van der Waals surface area contributed by atoms with Crippen LogP contribution in [0.1, 0.15) is 32.5 Å². The Balaban J connectivity index is 1.93. The molecule has 3 N–H and O–H groups in total. The third-order valence-electron chi connectivity index (χ3n) is 6.11. The molecule has 2 heterocycles. The molecule has 0 fully saturated rings. The van der Waals surface area contributed by atoms with Gasteiger partial charge in [0, 0.05) is 26.4 Å². The van der Waals surface area contributed by atoms with E-state index in [0.717, 1.165) is 11.7 Å². The lowest BCUT2D eigenvalue weighted by atomic mass is 10.1. The summed E-state index contributed by atoms with van der Waals surface area (Å²) in [4.78, 5) is 67.5. The van der Waals surface area contributed by atoms with Gasteiger partial charge in [-0.2, -0.15) is 0 Å². The molecule has 2 aromatic heterocycles. The average Bonchev–Trinajstić information content (AvgIpc) is 3.34. The molecular formula is C28H32F2N6O8. The Morgan fingerprint density at radius 2 is 1.89 bits per heavy atom. The molecular weight excluding hydrogens is 586 g/mol. The highest BCUT2D eigenvalue weighted by molar-refractivity contribution is 5.96. The van der Waals surface area contributed by atoms with Gasteiger partial charge < -0.3 is 34.7 Å². The first-order valence-electron chi connectivity index (χ1n) is 13.3. The molecule has 3 rings (SSSR count). The number of halogens is 2. The number of anilines is 1. The van der Waals surface area contributed by atoms with Gasteiger partial charge in [-0.05, 0) is 44.9 Å². The molecule has 44 heavy (non-hydrogen) atoms. The van der Waals surface area contributed by atoms with Crippen molar-refractivity contribution in [1.82, 2.24) is 24.3 Å². The highest BCUT2D eigenvalue weighted by Gasteiger charge is 2.27. The molecule has 0 aliphatic heterocycles. The Hall–Kier alpha value is -5.28. The molecule has 0 spiro atoms. The monoisotopic (exact) mass is 618 g/mol. The fourth-order valence-corrected chi connectivity index (χ4v) is 4.06. The summed E-state index contributed by atoms with van der Waals surface area (Å²) in [6.07, 6.45) is 1.29. The summed E-state index contributed by atoms with van der Waals surface area (Å²) in [6.45, 7) is 2.68. The molecule has 14 nitrogen and oxygen atoms in total. The Kier molecular flexibility index (Phi) is 10.8. The second-order valence-electron chi connectivity index (χ2n) is 9.92. The highest BCUT2D eigenvalue weighted by atomic mass is 19.1. The number of imidazole rings is 1. The summed E-state index contributed by atoms with van der Waals surface area (Å²) in [7, 11) is 4.25. The molecule has 0 saturated carbocycles. The summed E-state index contributed by atoms with van der Waals surface area (Å²) in [5, 5.41) is 14.6. The number of aromatic nitrogens is 3. The maximum absolute atomic E-state index is 14.8. The molecule has 236 valence electrons. The number of methoxy groups -OCH3 is 1. The normalized spacial score (nSPS) is 11.9. The number of pyridine rings is 1. The number of ether oxygens (including phenoxy) is 2. The van der Waals surface area contributed by atoms with Crippen molar-refractivity contribution in [2.45, 2.75) is 45.4 Å². The maximum atomic E-state index is 14.8. The standard InChI is InChI=1S/C28H32F2N6O8/c1-15(2)44-24-17(30)13-16(29)23-22(24)33-20(36(23)28(41)42)14-35-12-8-10-19(26(35)39)31-25(38)18(32-27(40)43-5)9-6-7-11-21(37)34(3)4/h7-8,10-13,15,18H,6,9,14H2,1-5H3,(H,31,38)(H,32,40)(H,41,42)/b11-7+/t18-/m0/s1. The van der Waals surface area contributed by atoms with E-state index in [9.17, 15) is 37.9 Å². The zero-order valence-electron chi connectivity index (χ0n) is 24.6. The number of carboxylic acid groups (broad SMARTS) is 1. The second kappa shape index (κ2) is 14.3. The number of hydrogen-bond donors (Lipinski definition) is 3. The molecule has 0 saturated heterocycles. The number of likely N-dealkylation sites (N-methyl/N-ethyl adjacent to an activating group) is 1. The SMILES string of the molecule is COC(=O)N[C@@H](CC/C=C/C(=O)N(C)C)C(=O)Nc1cccn(Cc2nc3c(OC(C)C)c(F)cc(F)c3n2C(=O)O)c1=O. The van der Waals surface area contributed by atoms with Crippen molar-refractivity contribution in [3.8, 4) is 5.75 Å². The Labute approximate surface area is 249 Å². The molecule has 1 aromatic carbocycles. The van der Waals surface area contributed by atoms with Crippen molar-refractivity contribution in [3.63, 3.8) is 0 Å². The van der Waals surface area contributed by atoms with Crippen LogP contribution in [0.5, 0.6) is 5.75 Å². The molecule has 0 aliphatic rings. The van der Waals surface area contributed by atoms with E-state index in [4.69, 9.17) is 4.74 Å². The van der Waals surface area contributed by atoms with Gasteiger partial charge in [-0.25, -0.2) is 27.9 Å². The summed E-state index contributed by atoms with van der Waals surface area (Å²) in [5.74, 6) is -4.11. The van der Waals surface area contributed by atoms with Crippen LogP contribution >= 0.6 is 0 Å². The number of amides is 3. The third kappa shape index (κ3) is 7.76. The number of alkyl carbamates (subject to hydrolysis) is 1. The van der Waals surface area contributed by atoms with E-state index in [2.05, 4.69) is 20.4 Å². The van der Waals surface area contributed by atoms with Crippen molar-refractivity contribution in [2.24, 2.45) is 0 Å². The first-order valence-corrected chi connectivity index (χ1v) is 13.3. The fourth-order valence-electron chi connectivity index (χ4n) is 4.06. The van der Waals surface area contributed by atoms with E-state index in [1.807, 2.05) is 0 Å². The van der Waals surface area contributed by atoms with Crippen LogP contribution in [0.25, 0.3) is 11.0 Å². The minimum absolute atomic E-state index is 0.0463. The van der Waals surface area contributed by atoms with Crippen molar-refractivity contribution in [3.05, 3.63) is 64.4 Å². The lowest BCUT2D eigenvalue weighted by molar-refractivity contribution is -0.123. The van der Waals surface area contributed by atoms with Gasteiger partial charge in [-0.15, -0.1) is 0 Å². The summed E-state index contributed by atoms with van der Waals surface area (Å²) >= 11 is 0. The molecule has 3 amide bonds. The van der Waals surface area contributed by atoms with Crippen molar-refractivity contribution < 1.29 is 42.5 Å². The molecule has 0 aliphatic carbocycles. The van der Waals surface area contributed by atoms with Gasteiger partial charge in [-0.3, -0.25) is 14.4 Å². The molecule has 1 atom stereocenters. The van der Waals surface area contributed by atoms with Gasteiger partial charge in [0.25, 0.3) is 5.56 Å². The van der Waals surface area contributed by atoms with Crippen LogP contribution in [-0.4, -0.2) is 81.5 Å². The number of benzene rings is 1. The predicted molar refractivity (Wildman–Crippen MR) is 154 cm³/mol. The van der Waals surface area contributed by atoms with Gasteiger partial charge in [0.2, 0.25) is 11.8 Å². The third-order valence-corrected chi connectivity index (χ3v) is 6.11. The number of carbonyl (C=O) groups excluding carboxylic acids is 3. The summed E-state index contributed by atoms with van der Waals surface area (Å²) < 4.78 is 40.9. The largest absolute Gasteiger partial charge is 0.486 e. The molecule has 3 aromatic rings. The zero-order valence-corrected chi connectivity index (χ0v) is 24.6. The molecule has 16 heteroatoms. The van der Waals surface area contributed by atoms with Crippen LogP contribution in [0.3, 0.4) is 0 Å². The molecule has 0 radical (unpaired) electrons. The van der Waals surface area contributed by atoms with E-state index in [-0.39, 0.29) is 35.8 Å².